The minimum atomic E-state index is 0.918. The highest BCUT2D eigenvalue weighted by Gasteiger charge is 2.18. The standard InChI is InChI=1S/C49H35NO/c1-34-45-18-8-10-21-48(45)51-49(34)42-17-11-16-40(33-42)36-24-28-43(29-25-36)50(47-20-9-7-19-46(47)38-13-3-2-4-14-38)44-30-26-37(27-31-44)41-23-22-35-12-5-6-15-39(35)32-41/h2-33H,1H3. The van der Waals surface area contributed by atoms with Gasteiger partial charge in [-0.25, -0.2) is 0 Å². The SMILES string of the molecule is Cc1c(-c2cccc(-c3ccc(N(c4ccc(-c5ccc6ccccc6c5)cc4)c4ccccc4-c4ccccc4)cc3)c2)oc2ccccc12. The summed E-state index contributed by atoms with van der Waals surface area (Å²) in [6, 6.07) is 69.2. The Hall–Kier alpha value is -6.64. The molecule has 0 amide bonds. The molecule has 0 aliphatic rings. The van der Waals surface area contributed by atoms with Gasteiger partial charge < -0.3 is 9.32 Å². The Balaban J connectivity index is 1.11. The second-order valence-electron chi connectivity index (χ2n) is 13.0. The number of benzene rings is 8. The number of fused-ring (bicyclic) bond motifs is 2. The lowest BCUT2D eigenvalue weighted by Crippen LogP contribution is -2.11. The van der Waals surface area contributed by atoms with Gasteiger partial charge in [0.25, 0.3) is 0 Å². The lowest BCUT2D eigenvalue weighted by Gasteiger charge is -2.28. The van der Waals surface area contributed by atoms with Crippen LogP contribution in [-0.2, 0) is 0 Å². The van der Waals surface area contributed by atoms with E-state index >= 15 is 0 Å². The maximum absolute atomic E-state index is 6.32. The molecule has 0 atom stereocenters. The van der Waals surface area contributed by atoms with Crippen molar-refractivity contribution < 1.29 is 4.42 Å². The van der Waals surface area contributed by atoms with Crippen LogP contribution in [0.5, 0.6) is 0 Å². The van der Waals surface area contributed by atoms with E-state index in [1.165, 1.54) is 33.0 Å². The number of hydrogen-bond acceptors (Lipinski definition) is 2. The molecule has 0 unspecified atom stereocenters. The van der Waals surface area contributed by atoms with E-state index in [-0.39, 0.29) is 0 Å². The van der Waals surface area contributed by atoms with Gasteiger partial charge in [-0.15, -0.1) is 0 Å². The van der Waals surface area contributed by atoms with Crippen molar-refractivity contribution in [3.8, 4) is 44.7 Å². The van der Waals surface area contributed by atoms with Gasteiger partial charge >= 0.3 is 0 Å². The molecule has 0 aliphatic heterocycles. The van der Waals surface area contributed by atoms with Gasteiger partial charge in [-0.3, -0.25) is 0 Å². The Morgan fingerprint density at radius 3 is 1.71 bits per heavy atom. The summed E-state index contributed by atoms with van der Waals surface area (Å²) in [6.45, 7) is 2.14. The molecule has 1 heterocycles. The molecule has 0 spiro atoms. The van der Waals surface area contributed by atoms with Crippen LogP contribution in [0.15, 0.2) is 199 Å². The molecule has 2 heteroatoms. The Morgan fingerprint density at radius 2 is 0.961 bits per heavy atom. The van der Waals surface area contributed by atoms with Gasteiger partial charge in [0, 0.05) is 33.5 Å². The van der Waals surface area contributed by atoms with Crippen LogP contribution in [0.2, 0.25) is 0 Å². The highest BCUT2D eigenvalue weighted by molar-refractivity contribution is 5.91. The van der Waals surface area contributed by atoms with E-state index in [2.05, 4.69) is 194 Å². The van der Waals surface area contributed by atoms with Gasteiger partial charge in [0.05, 0.1) is 5.69 Å². The van der Waals surface area contributed by atoms with Crippen LogP contribution in [0.3, 0.4) is 0 Å². The summed E-state index contributed by atoms with van der Waals surface area (Å²) in [5.41, 5.74) is 13.5. The fraction of sp³-hybridized carbons (Fsp3) is 0.0204. The summed E-state index contributed by atoms with van der Waals surface area (Å²) in [4.78, 5) is 2.37. The average molecular weight is 654 g/mol. The smallest absolute Gasteiger partial charge is 0.138 e. The third kappa shape index (κ3) is 5.77. The summed E-state index contributed by atoms with van der Waals surface area (Å²) in [6.07, 6.45) is 0. The van der Waals surface area contributed by atoms with Crippen molar-refractivity contribution in [2.45, 2.75) is 6.92 Å². The second-order valence-corrected chi connectivity index (χ2v) is 13.0. The Morgan fingerprint density at radius 1 is 0.392 bits per heavy atom. The number of furan rings is 1. The molecule has 0 saturated heterocycles. The Labute approximate surface area is 298 Å². The number of hydrogen-bond donors (Lipinski definition) is 0. The van der Waals surface area contributed by atoms with Gasteiger partial charge in [-0.1, -0.05) is 146 Å². The zero-order chi connectivity index (χ0) is 34.1. The zero-order valence-corrected chi connectivity index (χ0v) is 28.3. The number of para-hydroxylation sites is 2. The first-order valence-corrected chi connectivity index (χ1v) is 17.4. The third-order valence-electron chi connectivity index (χ3n) is 9.87. The third-order valence-corrected chi connectivity index (χ3v) is 9.87. The van der Waals surface area contributed by atoms with Crippen LogP contribution >= 0.6 is 0 Å². The van der Waals surface area contributed by atoms with E-state index in [4.69, 9.17) is 4.42 Å². The van der Waals surface area contributed by atoms with Gasteiger partial charge in [-0.2, -0.15) is 0 Å². The van der Waals surface area contributed by atoms with Crippen LogP contribution in [0.4, 0.5) is 17.1 Å². The van der Waals surface area contributed by atoms with E-state index in [1.807, 2.05) is 12.1 Å². The van der Waals surface area contributed by atoms with Gasteiger partial charge in [0.15, 0.2) is 0 Å². The van der Waals surface area contributed by atoms with E-state index in [0.717, 1.165) is 56.0 Å². The zero-order valence-electron chi connectivity index (χ0n) is 28.3. The molecule has 0 bridgehead atoms. The van der Waals surface area contributed by atoms with Gasteiger partial charge in [-0.05, 0) is 94.0 Å². The van der Waals surface area contributed by atoms with Crippen LogP contribution in [0.1, 0.15) is 5.56 Å². The van der Waals surface area contributed by atoms with Crippen molar-refractivity contribution in [1.29, 1.82) is 0 Å². The molecule has 0 radical (unpaired) electrons. The minimum Gasteiger partial charge on any atom is -0.456 e. The Kier molecular flexibility index (Phi) is 7.75. The molecule has 0 aliphatic carbocycles. The van der Waals surface area contributed by atoms with Gasteiger partial charge in [0.2, 0.25) is 0 Å². The highest BCUT2D eigenvalue weighted by Crippen LogP contribution is 2.42. The molecule has 0 fully saturated rings. The first kappa shape index (κ1) is 30.4. The second kappa shape index (κ2) is 13.0. The quantitative estimate of drug-likeness (QED) is 0.170. The minimum absolute atomic E-state index is 0.918. The molecule has 0 N–H and O–H groups in total. The maximum atomic E-state index is 6.32. The summed E-state index contributed by atoms with van der Waals surface area (Å²) in [5, 5.41) is 3.65. The summed E-state index contributed by atoms with van der Waals surface area (Å²) in [5.74, 6) is 0.922. The molecule has 9 aromatic rings. The summed E-state index contributed by atoms with van der Waals surface area (Å²) < 4.78 is 6.32. The molecule has 51 heavy (non-hydrogen) atoms. The molecule has 8 aromatic carbocycles. The fourth-order valence-corrected chi connectivity index (χ4v) is 7.22. The lowest BCUT2D eigenvalue weighted by atomic mass is 9.98. The topological polar surface area (TPSA) is 16.4 Å². The molecule has 9 rings (SSSR count). The van der Waals surface area contributed by atoms with Crippen molar-refractivity contribution in [2.24, 2.45) is 0 Å². The predicted octanol–water partition coefficient (Wildman–Crippen LogP) is 14.0. The van der Waals surface area contributed by atoms with Crippen molar-refractivity contribution >= 4 is 38.8 Å². The fourth-order valence-electron chi connectivity index (χ4n) is 7.22. The first-order valence-electron chi connectivity index (χ1n) is 17.4. The predicted molar refractivity (Wildman–Crippen MR) is 215 cm³/mol. The number of nitrogens with zero attached hydrogens (tertiary/aromatic N) is 1. The molecule has 1 aromatic heterocycles. The first-order chi connectivity index (χ1) is 25.2. The summed E-state index contributed by atoms with van der Waals surface area (Å²) in [7, 11) is 0. The van der Waals surface area contributed by atoms with Crippen LogP contribution in [-0.4, -0.2) is 0 Å². The maximum Gasteiger partial charge on any atom is 0.138 e. The lowest BCUT2D eigenvalue weighted by molar-refractivity contribution is 0.629. The Bertz CT molecular complexity index is 2630. The normalized spacial score (nSPS) is 11.2. The van der Waals surface area contributed by atoms with Crippen LogP contribution in [0, 0.1) is 6.92 Å². The van der Waals surface area contributed by atoms with E-state index in [1.54, 1.807) is 0 Å². The van der Waals surface area contributed by atoms with Crippen molar-refractivity contribution in [2.75, 3.05) is 4.90 Å². The molecular formula is C49H35NO. The van der Waals surface area contributed by atoms with Crippen molar-refractivity contribution in [3.63, 3.8) is 0 Å². The van der Waals surface area contributed by atoms with E-state index in [9.17, 15) is 0 Å². The highest BCUT2D eigenvalue weighted by atomic mass is 16.3. The molecular weight excluding hydrogens is 619 g/mol. The van der Waals surface area contributed by atoms with Crippen LogP contribution in [0.25, 0.3) is 66.4 Å². The molecule has 2 nitrogen and oxygen atoms in total. The summed E-state index contributed by atoms with van der Waals surface area (Å²) >= 11 is 0. The number of aryl methyl sites for hydroxylation is 1. The monoisotopic (exact) mass is 653 g/mol. The van der Waals surface area contributed by atoms with Crippen molar-refractivity contribution in [3.05, 3.63) is 200 Å². The largest absolute Gasteiger partial charge is 0.456 e. The number of rotatable bonds is 7. The molecule has 0 saturated carbocycles. The van der Waals surface area contributed by atoms with Gasteiger partial charge in [0.1, 0.15) is 11.3 Å². The average Bonchev–Trinajstić information content (AvgIpc) is 3.55. The van der Waals surface area contributed by atoms with Crippen LogP contribution < -0.4 is 4.90 Å². The molecule has 242 valence electrons. The van der Waals surface area contributed by atoms with E-state index in [0.29, 0.717) is 0 Å². The van der Waals surface area contributed by atoms with E-state index < -0.39 is 0 Å². The number of anilines is 3. The van der Waals surface area contributed by atoms with Crippen molar-refractivity contribution in [1.82, 2.24) is 0 Å².